The third kappa shape index (κ3) is 17.7. The molecule has 0 aromatic heterocycles. The van der Waals surface area contributed by atoms with Gasteiger partial charge in [0.25, 0.3) is 5.91 Å². The van der Waals surface area contributed by atoms with Crippen molar-refractivity contribution in [2.45, 2.75) is 182 Å². The molecule has 4 aliphatic heterocycles. The van der Waals surface area contributed by atoms with Crippen LogP contribution in [-0.4, -0.2) is 226 Å². The largest absolute Gasteiger partial charge is 0.493 e. The predicted molar refractivity (Wildman–Crippen MR) is 330 cm³/mol. The molecule has 20 atom stereocenters. The van der Waals surface area contributed by atoms with Gasteiger partial charge >= 0.3 is 12.1 Å². The number of hydroxylamine groups is 1. The maximum absolute atomic E-state index is 15.6. The first-order chi connectivity index (χ1) is 42.5. The molecule has 1 aromatic rings. The van der Waals surface area contributed by atoms with E-state index in [2.05, 4.69) is 51.7 Å². The van der Waals surface area contributed by atoms with Crippen molar-refractivity contribution in [3.63, 3.8) is 0 Å². The monoisotopic (exact) mass is 1330 g/mol. The van der Waals surface area contributed by atoms with E-state index in [0.29, 0.717) is 5.75 Å². The zero-order valence-corrected chi connectivity index (χ0v) is 54.8. The molecule has 494 valence electrons. The topological polar surface area (TPSA) is 327 Å². The van der Waals surface area contributed by atoms with E-state index >= 15 is 4.79 Å². The predicted octanol–water partition coefficient (Wildman–Crippen LogP) is 3.50. The van der Waals surface area contributed by atoms with Crippen LogP contribution in [0.3, 0.4) is 0 Å². The molecule has 89 heavy (non-hydrogen) atoms. The number of benzene rings is 1. The lowest BCUT2D eigenvalue weighted by atomic mass is 9.68. The van der Waals surface area contributed by atoms with Gasteiger partial charge in [0, 0.05) is 61.8 Å². The molecule has 6 aliphatic rings. The molecule has 4 heterocycles. The number of alkyl carbamates (subject to hydrolysis) is 1. The summed E-state index contributed by atoms with van der Waals surface area (Å²) in [5.41, 5.74) is -0.456. The Morgan fingerprint density at radius 1 is 0.843 bits per heavy atom. The van der Waals surface area contributed by atoms with Gasteiger partial charge in [-0.3, -0.25) is 19.7 Å². The number of fused-ring (bicyclic) bond motifs is 2. The van der Waals surface area contributed by atoms with E-state index in [1.165, 1.54) is 95.7 Å². The van der Waals surface area contributed by atoms with E-state index in [-0.39, 0.29) is 83.4 Å². The van der Waals surface area contributed by atoms with Crippen molar-refractivity contribution < 1.29 is 106 Å². The number of ether oxygens (including phenoxy) is 13. The van der Waals surface area contributed by atoms with E-state index in [1.54, 1.807) is 14.0 Å². The molecule has 4 saturated heterocycles. The van der Waals surface area contributed by atoms with E-state index in [4.69, 9.17) is 66.4 Å². The summed E-state index contributed by atoms with van der Waals surface area (Å²) in [4.78, 5) is 62.5. The zero-order chi connectivity index (χ0) is 64.9. The van der Waals surface area contributed by atoms with Crippen LogP contribution in [0, 0.1) is 29.6 Å². The number of Topliss-reactive ketones (excluding diaryl/α,β-unsaturated/α-hetero) is 1. The SMILES string of the molecule is C=C(OC)C(=O)Nc1cc(OC)c(OC)cc1C(=O)O[C@H]1CC(O[C@@H]2C(=O)C(NC(=O)OC)=C3C(CCSSSC)[C@]2(O)C#C/C=C\C#C[C@@H]3O[C@@H]2O[C@H](C)[C@@H](NO[C@H]3C[C@H](O)[C@H](SC)[C@@H](C)O3)[C@H](O)[C@H]2O[C@H]2C[C@H](OC)[C@@H](NC(C)C)CO2)O[C@@H](C)[C@@H]1O. The second-order valence-corrected chi connectivity index (χ2v) is 27.2. The van der Waals surface area contributed by atoms with Crippen molar-refractivity contribution in [1.82, 2.24) is 16.1 Å². The van der Waals surface area contributed by atoms with Crippen molar-refractivity contribution in [2.75, 3.05) is 65.7 Å². The average molecular weight is 1330 g/mol. The van der Waals surface area contributed by atoms with Crippen molar-refractivity contribution in [2.24, 2.45) is 5.92 Å². The fourth-order valence-electron chi connectivity index (χ4n) is 11.2. The summed E-state index contributed by atoms with van der Waals surface area (Å²) in [6.07, 6.45) is -12.8. The highest BCUT2D eigenvalue weighted by molar-refractivity contribution is 9.09. The lowest BCUT2D eigenvalue weighted by Crippen LogP contribution is -2.65. The minimum absolute atomic E-state index is 0.0221. The Morgan fingerprint density at radius 2 is 1.55 bits per heavy atom. The molecule has 2 unspecified atom stereocenters. The highest BCUT2D eigenvalue weighted by atomic mass is 33.5. The summed E-state index contributed by atoms with van der Waals surface area (Å²) < 4.78 is 78.1. The van der Waals surface area contributed by atoms with Crippen LogP contribution in [0.4, 0.5) is 10.5 Å². The second kappa shape index (κ2) is 33.5. The van der Waals surface area contributed by atoms with Crippen LogP contribution in [0.2, 0.25) is 0 Å². The highest BCUT2D eigenvalue weighted by Gasteiger charge is 2.59. The Labute approximate surface area is 534 Å². The van der Waals surface area contributed by atoms with Crippen molar-refractivity contribution in [1.29, 1.82) is 0 Å². The van der Waals surface area contributed by atoms with Crippen LogP contribution in [0.1, 0.15) is 70.7 Å². The van der Waals surface area contributed by atoms with Crippen LogP contribution in [-0.2, 0) is 66.5 Å². The number of ketones is 1. The molecule has 1 aromatic carbocycles. The van der Waals surface area contributed by atoms with E-state index in [0.717, 1.165) is 7.11 Å². The second-order valence-electron chi connectivity index (χ2n) is 21.8. The zero-order valence-electron chi connectivity index (χ0n) is 51.6. The molecule has 30 heteroatoms. The number of methoxy groups -OCH3 is 5. The summed E-state index contributed by atoms with van der Waals surface area (Å²) in [5, 5.41) is 57.0. The maximum Gasteiger partial charge on any atom is 0.411 e. The Balaban J connectivity index is 1.26. The van der Waals surface area contributed by atoms with Crippen LogP contribution < -0.4 is 30.9 Å². The molecule has 2 amide bonds. The molecule has 0 spiro atoms. The number of nitrogens with one attached hydrogen (secondary N) is 4. The fraction of sp³-hybridized carbons (Fsp3) is 0.661. The van der Waals surface area contributed by atoms with Gasteiger partial charge in [0.05, 0.1) is 99.8 Å². The van der Waals surface area contributed by atoms with Crippen LogP contribution in [0.5, 0.6) is 11.5 Å². The Kier molecular flexibility index (Phi) is 27.1. The smallest absolute Gasteiger partial charge is 0.411 e. The van der Waals surface area contributed by atoms with Crippen molar-refractivity contribution in [3.8, 4) is 35.2 Å². The van der Waals surface area contributed by atoms with Gasteiger partial charge < -0.3 is 92.6 Å². The molecular formula is C59H82N4O22S4. The standard InChI is InChI=1S/C59H82N4O22S4/c1-28(2)60-36-27-77-43(25-39(36)73-8)83-52-50(66)47(63-85-45-24-37(64)53(86-12)31(5)79-45)29(3)80-57(52)82-38-18-16-14-15-17-20-59(71)34(19-21-88-89-87-13)46(38)48(62-58(70)76-11)51(67)54(59)84-44-26-42(49(65)30(4)78-44)81-56(69)33-22-40(74-9)41(75-10)23-35(33)61-55(68)32(6)72-7/h14-15,22-23,28-31,34,36-39,42-45,47,49-50,52-54,57,60,63-66,71H,6,19,21,24-27H2,1-5,7-13H3,(H,61,68)(H,62,70)/b15-14-/t29-,30+,31-,34?,36+,37+,38+,39+,42+,43+,44?,45+,47-,49+,50+,52-,53-,54-,57+,59-/m1/s1. The number of allylic oxidation sites excluding steroid dienone is 2. The molecule has 2 aliphatic carbocycles. The van der Waals surface area contributed by atoms with Gasteiger partial charge in [0.1, 0.15) is 30.5 Å². The summed E-state index contributed by atoms with van der Waals surface area (Å²) in [5.74, 6) is 7.71. The third-order valence-corrected chi connectivity index (χ3v) is 20.8. The number of amides is 2. The average Bonchev–Trinajstić information content (AvgIpc) is 0.971. The molecule has 2 bridgehead atoms. The van der Waals surface area contributed by atoms with Gasteiger partial charge in [-0.05, 0) is 61.7 Å². The quantitative estimate of drug-likeness (QED) is 0.0125. The normalized spacial score (nSPS) is 34.8. The lowest BCUT2D eigenvalue weighted by Gasteiger charge is -2.48. The lowest BCUT2D eigenvalue weighted by molar-refractivity contribution is -0.337. The number of carbonyl (C=O) groups is 4. The minimum Gasteiger partial charge on any atom is -0.493 e. The number of hydrogen-bond acceptors (Lipinski definition) is 28. The number of carbonyl (C=O) groups excluding carboxylic acids is 4. The molecule has 7 rings (SSSR count). The minimum atomic E-state index is -2.52. The number of hydrogen-bond donors (Lipinski definition) is 8. The van der Waals surface area contributed by atoms with Crippen LogP contribution in [0.15, 0.2) is 47.9 Å². The number of rotatable bonds is 26. The maximum atomic E-state index is 15.6. The summed E-state index contributed by atoms with van der Waals surface area (Å²) in [7, 11) is 10.9. The van der Waals surface area contributed by atoms with Gasteiger partial charge in [-0.15, -0.1) is 0 Å². The van der Waals surface area contributed by atoms with Gasteiger partial charge in [-0.1, -0.05) is 65.7 Å². The first-order valence-electron chi connectivity index (χ1n) is 28.7. The number of anilines is 1. The summed E-state index contributed by atoms with van der Waals surface area (Å²) in [6.45, 7) is 12.7. The van der Waals surface area contributed by atoms with Gasteiger partial charge in [-0.25, -0.2) is 9.59 Å². The Bertz CT molecular complexity index is 2820. The number of aliphatic hydroxyl groups is 4. The highest BCUT2D eigenvalue weighted by Crippen LogP contribution is 2.46. The Hall–Kier alpha value is -4.36. The van der Waals surface area contributed by atoms with Crippen molar-refractivity contribution >= 4 is 72.6 Å². The van der Waals surface area contributed by atoms with Crippen LogP contribution >= 0.6 is 43.2 Å². The molecule has 0 radical (unpaired) electrons. The van der Waals surface area contributed by atoms with Gasteiger partial charge in [-0.2, -0.15) is 17.2 Å². The Morgan fingerprint density at radius 3 is 2.21 bits per heavy atom. The summed E-state index contributed by atoms with van der Waals surface area (Å²) in [6, 6.07) is 1.42. The number of aliphatic hydroxyl groups excluding tert-OH is 3. The summed E-state index contributed by atoms with van der Waals surface area (Å²) >= 11 is 1.48. The van der Waals surface area contributed by atoms with Gasteiger partial charge in [0.2, 0.25) is 5.78 Å². The molecular weight excluding hydrogens is 1240 g/mol. The molecule has 0 saturated carbocycles. The van der Waals surface area contributed by atoms with Gasteiger partial charge in [0.15, 0.2) is 54.1 Å². The number of esters is 1. The van der Waals surface area contributed by atoms with E-state index < -0.39 is 140 Å². The molecule has 8 N–H and O–H groups in total. The molecule has 4 fully saturated rings. The first-order valence-corrected chi connectivity index (χ1v) is 34.1. The van der Waals surface area contributed by atoms with E-state index in [9.17, 15) is 34.8 Å². The van der Waals surface area contributed by atoms with Crippen molar-refractivity contribution in [3.05, 3.63) is 53.5 Å². The molecule has 26 nitrogen and oxygen atoms in total. The van der Waals surface area contributed by atoms with Crippen LogP contribution in [0.25, 0.3) is 0 Å². The van der Waals surface area contributed by atoms with E-state index in [1.807, 2.05) is 33.3 Å². The third-order valence-electron chi connectivity index (χ3n) is 15.6. The fourth-order valence-corrected chi connectivity index (χ4v) is 14.8. The number of thioether (sulfide) groups is 1. The first kappa shape index (κ1) is 72.1.